The van der Waals surface area contributed by atoms with Crippen LogP contribution in [0.1, 0.15) is 62.8 Å². The molecule has 0 aromatic heterocycles. The number of hydrogen-bond acceptors (Lipinski definition) is 2. The van der Waals surface area contributed by atoms with Crippen LogP contribution < -0.4 is 10.6 Å². The maximum Gasteiger partial charge on any atom is 0.317 e. The van der Waals surface area contributed by atoms with Gasteiger partial charge in [-0.15, -0.1) is 0 Å². The van der Waals surface area contributed by atoms with E-state index in [0.717, 1.165) is 45.2 Å². The topological polar surface area (TPSA) is 61.4 Å². The van der Waals surface area contributed by atoms with E-state index in [-0.39, 0.29) is 29.9 Å². The second-order valence-electron chi connectivity index (χ2n) is 8.41. The van der Waals surface area contributed by atoms with Crippen molar-refractivity contribution in [3.63, 3.8) is 0 Å². The predicted octanol–water partition coefficient (Wildman–Crippen LogP) is 3.41. The van der Waals surface area contributed by atoms with Crippen LogP contribution in [0.3, 0.4) is 0 Å². The first-order chi connectivity index (χ1) is 13.2. The summed E-state index contributed by atoms with van der Waals surface area (Å²) >= 11 is 0. The van der Waals surface area contributed by atoms with Crippen molar-refractivity contribution in [1.82, 2.24) is 15.5 Å². The van der Waals surface area contributed by atoms with E-state index in [1.54, 1.807) is 0 Å². The average Bonchev–Trinajstić information content (AvgIpc) is 3.49. The number of carbonyl (C=O) groups is 2. The molecule has 0 radical (unpaired) electrons. The number of rotatable bonds is 4. The molecule has 1 aromatic carbocycles. The molecule has 2 aliphatic carbocycles. The summed E-state index contributed by atoms with van der Waals surface area (Å²) in [6.45, 7) is 1.45. The highest BCUT2D eigenvalue weighted by molar-refractivity contribution is 5.79. The molecule has 2 saturated carbocycles. The van der Waals surface area contributed by atoms with Gasteiger partial charge in [-0.3, -0.25) is 4.79 Å². The Morgan fingerprint density at radius 1 is 0.889 bits per heavy atom. The summed E-state index contributed by atoms with van der Waals surface area (Å²) in [6, 6.07) is 10.9. The van der Waals surface area contributed by atoms with Gasteiger partial charge in [0.25, 0.3) is 0 Å². The van der Waals surface area contributed by atoms with Crippen LogP contribution in [0.4, 0.5) is 4.79 Å². The van der Waals surface area contributed by atoms with E-state index in [1.807, 2.05) is 11.0 Å². The minimum atomic E-state index is 0.0514. The molecule has 4 rings (SSSR count). The van der Waals surface area contributed by atoms with E-state index in [0.29, 0.717) is 5.92 Å². The third-order valence-electron chi connectivity index (χ3n) is 6.43. The van der Waals surface area contributed by atoms with Crippen LogP contribution >= 0.6 is 0 Å². The fourth-order valence-corrected chi connectivity index (χ4v) is 4.58. The zero-order valence-electron chi connectivity index (χ0n) is 16.0. The molecule has 5 nitrogen and oxygen atoms in total. The molecule has 0 bridgehead atoms. The van der Waals surface area contributed by atoms with Crippen LogP contribution in [-0.2, 0) is 4.79 Å². The molecule has 2 unspecified atom stereocenters. The fraction of sp³-hybridized carbons (Fsp3) is 0.636. The first kappa shape index (κ1) is 18.3. The molecule has 1 aromatic rings. The number of hydrogen-bond donors (Lipinski definition) is 2. The Labute approximate surface area is 161 Å². The van der Waals surface area contributed by atoms with Crippen molar-refractivity contribution in [2.24, 2.45) is 5.92 Å². The third kappa shape index (κ3) is 4.63. The maximum atomic E-state index is 12.5. The van der Waals surface area contributed by atoms with Crippen molar-refractivity contribution in [2.75, 3.05) is 13.1 Å². The van der Waals surface area contributed by atoms with Crippen molar-refractivity contribution in [2.45, 2.75) is 69.4 Å². The van der Waals surface area contributed by atoms with Crippen molar-refractivity contribution < 1.29 is 9.59 Å². The number of nitrogens with one attached hydrogen (secondary N) is 2. The van der Waals surface area contributed by atoms with E-state index < -0.39 is 0 Å². The number of benzene rings is 1. The maximum absolute atomic E-state index is 12.5. The first-order valence-electron chi connectivity index (χ1n) is 10.6. The summed E-state index contributed by atoms with van der Waals surface area (Å²) in [7, 11) is 0. The Kier molecular flexibility index (Phi) is 5.65. The predicted molar refractivity (Wildman–Crippen MR) is 105 cm³/mol. The second-order valence-corrected chi connectivity index (χ2v) is 8.41. The Bertz CT molecular complexity index is 649. The summed E-state index contributed by atoms with van der Waals surface area (Å²) in [5.41, 5.74) is 1.31. The fourth-order valence-electron chi connectivity index (χ4n) is 4.58. The first-order valence-corrected chi connectivity index (χ1v) is 10.6. The lowest BCUT2D eigenvalue weighted by Gasteiger charge is -2.33. The number of likely N-dealkylation sites (tertiary alicyclic amines) is 1. The molecule has 27 heavy (non-hydrogen) atoms. The highest BCUT2D eigenvalue weighted by Crippen LogP contribution is 2.40. The third-order valence-corrected chi connectivity index (χ3v) is 6.43. The van der Waals surface area contributed by atoms with Gasteiger partial charge < -0.3 is 15.5 Å². The number of carbonyl (C=O) groups excluding carboxylic acids is 2. The summed E-state index contributed by atoms with van der Waals surface area (Å²) in [6.07, 6.45) is 8.46. The van der Waals surface area contributed by atoms with Crippen LogP contribution in [0, 0.1) is 5.92 Å². The van der Waals surface area contributed by atoms with E-state index in [2.05, 4.69) is 34.9 Å². The van der Waals surface area contributed by atoms with Gasteiger partial charge in [0.15, 0.2) is 0 Å². The molecule has 1 saturated heterocycles. The SMILES string of the molecule is O=C(NC1CCN(C(=O)NC2CC2c2ccccc2)CC1)C1CCCCC1. The molecule has 1 heterocycles. The van der Waals surface area contributed by atoms with Crippen LogP contribution in [-0.4, -0.2) is 42.0 Å². The van der Waals surface area contributed by atoms with Gasteiger partial charge in [-0.25, -0.2) is 4.79 Å². The lowest BCUT2D eigenvalue weighted by atomic mass is 9.88. The molecule has 2 N–H and O–H groups in total. The monoisotopic (exact) mass is 369 g/mol. The van der Waals surface area contributed by atoms with Crippen molar-refractivity contribution >= 4 is 11.9 Å². The Hall–Kier alpha value is -2.04. The molecule has 3 fully saturated rings. The van der Waals surface area contributed by atoms with Crippen molar-refractivity contribution in [3.8, 4) is 0 Å². The molecule has 1 aliphatic heterocycles. The van der Waals surface area contributed by atoms with Crippen LogP contribution in [0.25, 0.3) is 0 Å². The normalized spacial score (nSPS) is 26.4. The zero-order chi connectivity index (χ0) is 18.6. The van der Waals surface area contributed by atoms with Gasteiger partial charge in [-0.05, 0) is 37.7 Å². The molecule has 5 heteroatoms. The summed E-state index contributed by atoms with van der Waals surface area (Å²) < 4.78 is 0. The number of nitrogens with zero attached hydrogens (tertiary/aromatic N) is 1. The average molecular weight is 370 g/mol. The highest BCUT2D eigenvalue weighted by atomic mass is 16.2. The standard InChI is InChI=1S/C22H31N3O2/c26-21(17-9-5-2-6-10-17)23-18-11-13-25(14-12-18)22(27)24-20-15-19(20)16-7-3-1-4-8-16/h1,3-4,7-8,17-20H,2,5-6,9-15H2,(H,23,26)(H,24,27). The molecule has 3 aliphatic rings. The molecule has 146 valence electrons. The van der Waals surface area contributed by atoms with Gasteiger partial charge in [-0.1, -0.05) is 49.6 Å². The molecular weight excluding hydrogens is 338 g/mol. The van der Waals surface area contributed by atoms with Crippen LogP contribution in [0.2, 0.25) is 0 Å². The van der Waals surface area contributed by atoms with Crippen LogP contribution in [0.5, 0.6) is 0 Å². The van der Waals surface area contributed by atoms with Crippen molar-refractivity contribution in [3.05, 3.63) is 35.9 Å². The summed E-state index contributed by atoms with van der Waals surface area (Å²) in [5.74, 6) is 0.911. The van der Waals surface area contributed by atoms with E-state index in [9.17, 15) is 9.59 Å². The number of urea groups is 1. The smallest absolute Gasteiger partial charge is 0.317 e. The summed E-state index contributed by atoms with van der Waals surface area (Å²) in [4.78, 5) is 26.8. The van der Waals surface area contributed by atoms with Gasteiger partial charge in [0.05, 0.1) is 0 Å². The Morgan fingerprint density at radius 2 is 1.59 bits per heavy atom. The highest BCUT2D eigenvalue weighted by Gasteiger charge is 2.40. The lowest BCUT2D eigenvalue weighted by molar-refractivity contribution is -0.126. The van der Waals surface area contributed by atoms with Gasteiger partial charge in [-0.2, -0.15) is 0 Å². The molecule has 2 atom stereocenters. The Morgan fingerprint density at radius 3 is 2.30 bits per heavy atom. The molecule has 3 amide bonds. The molecule has 0 spiro atoms. The second kappa shape index (κ2) is 8.32. The van der Waals surface area contributed by atoms with E-state index in [4.69, 9.17) is 0 Å². The zero-order valence-corrected chi connectivity index (χ0v) is 16.0. The molecular formula is C22H31N3O2. The Balaban J connectivity index is 1.18. The van der Waals surface area contributed by atoms with Gasteiger partial charge in [0.2, 0.25) is 5.91 Å². The van der Waals surface area contributed by atoms with Gasteiger partial charge in [0.1, 0.15) is 0 Å². The number of piperidine rings is 1. The summed E-state index contributed by atoms with van der Waals surface area (Å²) in [5, 5.41) is 6.41. The minimum Gasteiger partial charge on any atom is -0.353 e. The van der Waals surface area contributed by atoms with Gasteiger partial charge >= 0.3 is 6.03 Å². The minimum absolute atomic E-state index is 0.0514. The van der Waals surface area contributed by atoms with Gasteiger partial charge in [0, 0.05) is 37.0 Å². The van der Waals surface area contributed by atoms with E-state index in [1.165, 1.54) is 24.8 Å². The quantitative estimate of drug-likeness (QED) is 0.854. The number of amides is 3. The van der Waals surface area contributed by atoms with Crippen LogP contribution in [0.15, 0.2) is 30.3 Å². The largest absolute Gasteiger partial charge is 0.353 e. The van der Waals surface area contributed by atoms with E-state index >= 15 is 0 Å². The lowest BCUT2D eigenvalue weighted by Crippen LogP contribution is -2.50. The van der Waals surface area contributed by atoms with Crippen molar-refractivity contribution in [1.29, 1.82) is 0 Å².